The zero-order chi connectivity index (χ0) is 16.2. The van der Waals surface area contributed by atoms with Crippen molar-refractivity contribution in [2.75, 3.05) is 26.8 Å². The third-order valence-electron chi connectivity index (χ3n) is 3.63. The number of hydrogen-bond donors (Lipinski definition) is 0. The molecule has 0 saturated carbocycles. The van der Waals surface area contributed by atoms with Crippen LogP contribution in [0.3, 0.4) is 0 Å². The molecule has 122 valence electrons. The number of carbonyl (C=O) groups excluding carboxylic acids is 1. The van der Waals surface area contributed by atoms with Crippen molar-refractivity contribution >= 4 is 5.91 Å². The smallest absolute Gasteiger partial charge is 0.253 e. The molecule has 0 atom stereocenters. The van der Waals surface area contributed by atoms with Crippen LogP contribution in [-0.4, -0.2) is 43.7 Å². The average molecular weight is 305 g/mol. The third kappa shape index (κ3) is 5.02. The molecule has 0 unspecified atom stereocenters. The van der Waals surface area contributed by atoms with Crippen molar-refractivity contribution in [2.45, 2.75) is 39.7 Å². The molecule has 4 heteroatoms. The van der Waals surface area contributed by atoms with Crippen LogP contribution in [-0.2, 0) is 4.74 Å². The first-order valence-corrected chi connectivity index (χ1v) is 7.95. The number of carbonyl (C=O) groups is 1. The zero-order valence-corrected chi connectivity index (χ0v) is 14.1. The van der Waals surface area contributed by atoms with Gasteiger partial charge in [0.25, 0.3) is 5.91 Å². The SMILES string of the molecule is CN(CC(C)(C)C)C(=O)c1ccc(OC2CCOCC2)cc1. The van der Waals surface area contributed by atoms with Gasteiger partial charge in [0.05, 0.1) is 13.2 Å². The number of benzene rings is 1. The molecule has 22 heavy (non-hydrogen) atoms. The fraction of sp³-hybridized carbons (Fsp3) is 0.611. The highest BCUT2D eigenvalue weighted by atomic mass is 16.5. The molecule has 2 rings (SSSR count). The molecule has 0 spiro atoms. The van der Waals surface area contributed by atoms with E-state index >= 15 is 0 Å². The molecule has 1 aromatic rings. The van der Waals surface area contributed by atoms with Gasteiger partial charge in [-0.15, -0.1) is 0 Å². The molecule has 1 aliphatic rings. The summed E-state index contributed by atoms with van der Waals surface area (Å²) in [7, 11) is 1.85. The molecule has 1 aromatic carbocycles. The zero-order valence-electron chi connectivity index (χ0n) is 14.1. The topological polar surface area (TPSA) is 38.8 Å². The van der Waals surface area contributed by atoms with Crippen molar-refractivity contribution in [3.63, 3.8) is 0 Å². The number of amides is 1. The number of rotatable bonds is 4. The van der Waals surface area contributed by atoms with Gasteiger partial charge in [0, 0.05) is 32.0 Å². The highest BCUT2D eigenvalue weighted by molar-refractivity contribution is 5.94. The Balaban J connectivity index is 1.94. The minimum atomic E-state index is 0.0486. The lowest BCUT2D eigenvalue weighted by atomic mass is 9.96. The Kier molecular flexibility index (Phi) is 5.46. The van der Waals surface area contributed by atoms with E-state index in [0.717, 1.165) is 38.3 Å². The van der Waals surface area contributed by atoms with E-state index in [1.807, 2.05) is 31.3 Å². The Bertz CT molecular complexity index is 484. The predicted octanol–water partition coefficient (Wildman–Crippen LogP) is 3.36. The molecule has 0 N–H and O–H groups in total. The van der Waals surface area contributed by atoms with Gasteiger partial charge >= 0.3 is 0 Å². The van der Waals surface area contributed by atoms with Crippen molar-refractivity contribution in [1.82, 2.24) is 4.90 Å². The van der Waals surface area contributed by atoms with Gasteiger partial charge in [0.1, 0.15) is 11.9 Å². The lowest BCUT2D eigenvalue weighted by molar-refractivity contribution is 0.0255. The third-order valence-corrected chi connectivity index (χ3v) is 3.63. The summed E-state index contributed by atoms with van der Waals surface area (Å²) >= 11 is 0. The number of nitrogens with zero attached hydrogens (tertiary/aromatic N) is 1. The normalized spacial score (nSPS) is 16.4. The first kappa shape index (κ1) is 16.8. The first-order chi connectivity index (χ1) is 10.3. The van der Waals surface area contributed by atoms with E-state index < -0.39 is 0 Å². The van der Waals surface area contributed by atoms with Crippen LogP contribution in [0.1, 0.15) is 44.0 Å². The van der Waals surface area contributed by atoms with Crippen LogP contribution in [0.25, 0.3) is 0 Å². The summed E-state index contributed by atoms with van der Waals surface area (Å²) < 4.78 is 11.3. The Morgan fingerprint density at radius 2 is 1.82 bits per heavy atom. The molecule has 0 radical (unpaired) electrons. The van der Waals surface area contributed by atoms with Crippen LogP contribution >= 0.6 is 0 Å². The molecule has 0 bridgehead atoms. The molecule has 0 aliphatic carbocycles. The Morgan fingerprint density at radius 3 is 2.36 bits per heavy atom. The monoisotopic (exact) mass is 305 g/mol. The van der Waals surface area contributed by atoms with Crippen LogP contribution < -0.4 is 4.74 Å². The first-order valence-electron chi connectivity index (χ1n) is 7.95. The van der Waals surface area contributed by atoms with E-state index in [1.54, 1.807) is 4.90 Å². The second-order valence-electron chi connectivity index (χ2n) is 7.18. The minimum absolute atomic E-state index is 0.0486. The van der Waals surface area contributed by atoms with E-state index in [1.165, 1.54) is 0 Å². The maximum absolute atomic E-state index is 12.4. The van der Waals surface area contributed by atoms with Crippen LogP contribution in [0.5, 0.6) is 5.75 Å². The molecule has 0 aromatic heterocycles. The summed E-state index contributed by atoms with van der Waals surface area (Å²) in [6.07, 6.45) is 2.07. The molecule has 1 aliphatic heterocycles. The largest absolute Gasteiger partial charge is 0.490 e. The lowest BCUT2D eigenvalue weighted by Crippen LogP contribution is -2.34. The summed E-state index contributed by atoms with van der Waals surface area (Å²) in [4.78, 5) is 14.2. The van der Waals surface area contributed by atoms with E-state index in [2.05, 4.69) is 20.8 Å². The maximum Gasteiger partial charge on any atom is 0.253 e. The Hall–Kier alpha value is -1.55. The van der Waals surface area contributed by atoms with Gasteiger partial charge in [-0.3, -0.25) is 4.79 Å². The van der Waals surface area contributed by atoms with Gasteiger partial charge in [0.2, 0.25) is 0 Å². The van der Waals surface area contributed by atoms with Gasteiger partial charge < -0.3 is 14.4 Å². The summed E-state index contributed by atoms with van der Waals surface area (Å²) in [5, 5.41) is 0. The fourth-order valence-corrected chi connectivity index (χ4v) is 2.67. The molecular weight excluding hydrogens is 278 g/mol. The highest BCUT2D eigenvalue weighted by Gasteiger charge is 2.19. The van der Waals surface area contributed by atoms with E-state index in [9.17, 15) is 4.79 Å². The molecule has 1 saturated heterocycles. The standard InChI is InChI=1S/C18H27NO3/c1-18(2,3)13-19(4)17(20)14-5-7-15(8-6-14)22-16-9-11-21-12-10-16/h5-8,16H,9-13H2,1-4H3. The summed E-state index contributed by atoms with van der Waals surface area (Å²) in [5.74, 6) is 0.870. The van der Waals surface area contributed by atoms with Crippen molar-refractivity contribution in [2.24, 2.45) is 5.41 Å². The van der Waals surface area contributed by atoms with Crippen molar-refractivity contribution in [3.8, 4) is 5.75 Å². The maximum atomic E-state index is 12.4. The summed E-state index contributed by atoms with van der Waals surface area (Å²) in [6, 6.07) is 7.45. The highest BCUT2D eigenvalue weighted by Crippen LogP contribution is 2.20. The predicted molar refractivity (Wildman–Crippen MR) is 87.3 cm³/mol. The number of hydrogen-bond acceptors (Lipinski definition) is 3. The quantitative estimate of drug-likeness (QED) is 0.856. The second-order valence-corrected chi connectivity index (χ2v) is 7.18. The summed E-state index contributed by atoms with van der Waals surface area (Å²) in [5.41, 5.74) is 0.794. The fourth-order valence-electron chi connectivity index (χ4n) is 2.67. The molecule has 4 nitrogen and oxygen atoms in total. The minimum Gasteiger partial charge on any atom is -0.490 e. The lowest BCUT2D eigenvalue weighted by Gasteiger charge is -2.27. The summed E-state index contributed by atoms with van der Waals surface area (Å²) in [6.45, 7) is 8.63. The van der Waals surface area contributed by atoms with Crippen molar-refractivity contribution in [1.29, 1.82) is 0 Å². The Labute approximate surface area is 133 Å². The molecular formula is C18H27NO3. The second kappa shape index (κ2) is 7.14. The van der Waals surface area contributed by atoms with Crippen LogP contribution in [0.4, 0.5) is 0 Å². The average Bonchev–Trinajstić information content (AvgIpc) is 2.46. The van der Waals surface area contributed by atoms with Gasteiger partial charge in [-0.2, -0.15) is 0 Å². The van der Waals surface area contributed by atoms with E-state index in [-0.39, 0.29) is 17.4 Å². The van der Waals surface area contributed by atoms with Crippen LogP contribution in [0.2, 0.25) is 0 Å². The molecule has 1 fully saturated rings. The number of ether oxygens (including phenoxy) is 2. The molecule has 1 heterocycles. The van der Waals surface area contributed by atoms with Gasteiger partial charge in [-0.25, -0.2) is 0 Å². The van der Waals surface area contributed by atoms with Crippen molar-refractivity contribution < 1.29 is 14.3 Å². The van der Waals surface area contributed by atoms with Gasteiger partial charge in [-0.1, -0.05) is 20.8 Å². The van der Waals surface area contributed by atoms with Gasteiger partial charge in [0.15, 0.2) is 0 Å². The van der Waals surface area contributed by atoms with Crippen molar-refractivity contribution in [3.05, 3.63) is 29.8 Å². The van der Waals surface area contributed by atoms with Crippen LogP contribution in [0, 0.1) is 5.41 Å². The molecule has 1 amide bonds. The van der Waals surface area contributed by atoms with Gasteiger partial charge in [-0.05, 0) is 29.7 Å². The van der Waals surface area contributed by atoms with E-state index in [0.29, 0.717) is 5.56 Å². The Morgan fingerprint density at radius 1 is 1.23 bits per heavy atom. The van der Waals surface area contributed by atoms with E-state index in [4.69, 9.17) is 9.47 Å². The van der Waals surface area contributed by atoms with Crippen LogP contribution in [0.15, 0.2) is 24.3 Å².